The first-order valence-corrected chi connectivity index (χ1v) is 7.25. The molecule has 1 aromatic carbocycles. The van der Waals surface area contributed by atoms with E-state index in [0.717, 1.165) is 5.56 Å². The molecule has 17 heavy (non-hydrogen) atoms. The second kappa shape index (κ2) is 6.35. The van der Waals surface area contributed by atoms with Gasteiger partial charge in [-0.05, 0) is 31.7 Å². The highest BCUT2D eigenvalue weighted by molar-refractivity contribution is 7.90. The van der Waals surface area contributed by atoms with Crippen molar-refractivity contribution in [3.05, 3.63) is 34.9 Å². The molecule has 4 nitrogen and oxygen atoms in total. The van der Waals surface area contributed by atoms with E-state index in [4.69, 9.17) is 11.6 Å². The third-order valence-corrected chi connectivity index (χ3v) is 4.40. The van der Waals surface area contributed by atoms with E-state index in [-0.39, 0.29) is 6.54 Å². The van der Waals surface area contributed by atoms with E-state index in [0.29, 0.717) is 11.6 Å². The lowest BCUT2D eigenvalue weighted by Crippen LogP contribution is -2.37. The molecular formula is C11H17ClN2O2S. The van der Waals surface area contributed by atoms with Crippen molar-refractivity contribution in [3.8, 4) is 0 Å². The number of halogens is 1. The van der Waals surface area contributed by atoms with Gasteiger partial charge in [-0.1, -0.05) is 23.7 Å². The Hall–Kier alpha value is -0.620. The van der Waals surface area contributed by atoms with Gasteiger partial charge in [0.2, 0.25) is 10.0 Å². The molecule has 0 aliphatic rings. The van der Waals surface area contributed by atoms with Crippen LogP contribution in [0.15, 0.2) is 24.3 Å². The predicted octanol–water partition coefficient (Wildman–Crippen LogP) is 1.37. The molecule has 0 aliphatic heterocycles. The molecule has 1 unspecified atom stereocenters. The molecule has 1 aromatic rings. The van der Waals surface area contributed by atoms with E-state index in [1.807, 2.05) is 6.07 Å². The molecule has 0 bridgehead atoms. The molecule has 0 amide bonds. The number of benzene rings is 1. The lowest BCUT2D eigenvalue weighted by atomic mass is 10.2. The Morgan fingerprint density at radius 1 is 1.41 bits per heavy atom. The minimum absolute atomic E-state index is 0.261. The molecule has 1 rings (SSSR count). The average molecular weight is 277 g/mol. The van der Waals surface area contributed by atoms with Crippen LogP contribution in [0.5, 0.6) is 0 Å². The van der Waals surface area contributed by atoms with Crippen molar-refractivity contribution in [3.63, 3.8) is 0 Å². The van der Waals surface area contributed by atoms with Crippen molar-refractivity contribution in [2.75, 3.05) is 13.6 Å². The Kier molecular flexibility index (Phi) is 5.39. The van der Waals surface area contributed by atoms with Gasteiger partial charge in [-0.15, -0.1) is 0 Å². The number of hydrogen-bond acceptors (Lipinski definition) is 3. The molecule has 0 aromatic heterocycles. The van der Waals surface area contributed by atoms with Crippen LogP contribution in [0.3, 0.4) is 0 Å². The average Bonchev–Trinajstić information content (AvgIpc) is 2.27. The Morgan fingerprint density at radius 3 is 2.71 bits per heavy atom. The molecule has 0 radical (unpaired) electrons. The lowest BCUT2D eigenvalue weighted by Gasteiger charge is -2.13. The summed E-state index contributed by atoms with van der Waals surface area (Å²) in [7, 11) is -1.56. The highest BCUT2D eigenvalue weighted by Crippen LogP contribution is 2.11. The van der Waals surface area contributed by atoms with Crippen molar-refractivity contribution in [2.24, 2.45) is 0 Å². The van der Waals surface area contributed by atoms with E-state index in [1.165, 1.54) is 0 Å². The minimum Gasteiger partial charge on any atom is -0.318 e. The van der Waals surface area contributed by atoms with Crippen LogP contribution in [-0.4, -0.2) is 27.3 Å². The predicted molar refractivity (Wildman–Crippen MR) is 70.6 cm³/mol. The first kappa shape index (κ1) is 14.4. The van der Waals surface area contributed by atoms with Gasteiger partial charge in [-0.2, -0.15) is 0 Å². The number of rotatable bonds is 6. The quantitative estimate of drug-likeness (QED) is 0.825. The summed E-state index contributed by atoms with van der Waals surface area (Å²) < 4.78 is 26.1. The van der Waals surface area contributed by atoms with E-state index in [9.17, 15) is 8.42 Å². The number of nitrogens with one attached hydrogen (secondary N) is 2. The van der Waals surface area contributed by atoms with Gasteiger partial charge >= 0.3 is 0 Å². The van der Waals surface area contributed by atoms with Crippen molar-refractivity contribution >= 4 is 21.6 Å². The number of sulfonamides is 1. The standard InChI is InChI=1S/C11H17ClN2O2S/c1-9(7-13-2)17(15,16)14-8-10-4-3-5-11(12)6-10/h3-6,9,13-14H,7-8H2,1-2H3. The van der Waals surface area contributed by atoms with Crippen molar-refractivity contribution in [1.82, 2.24) is 10.0 Å². The molecule has 0 saturated carbocycles. The molecule has 96 valence electrons. The zero-order valence-electron chi connectivity index (χ0n) is 9.90. The Bertz CT molecular complexity index is 462. The van der Waals surface area contributed by atoms with E-state index in [1.54, 1.807) is 32.2 Å². The fourth-order valence-electron chi connectivity index (χ4n) is 1.37. The highest BCUT2D eigenvalue weighted by atomic mass is 35.5. The molecule has 0 heterocycles. The Balaban J connectivity index is 2.61. The molecule has 0 spiro atoms. The van der Waals surface area contributed by atoms with Gasteiger partial charge in [0.05, 0.1) is 5.25 Å². The summed E-state index contributed by atoms with van der Waals surface area (Å²) in [6.07, 6.45) is 0. The van der Waals surface area contributed by atoms with Gasteiger partial charge in [-0.3, -0.25) is 0 Å². The van der Waals surface area contributed by atoms with Gasteiger partial charge in [-0.25, -0.2) is 13.1 Å². The van der Waals surface area contributed by atoms with E-state index >= 15 is 0 Å². The zero-order valence-corrected chi connectivity index (χ0v) is 11.5. The molecule has 0 saturated heterocycles. The van der Waals surface area contributed by atoms with Crippen LogP contribution in [0.25, 0.3) is 0 Å². The molecule has 0 fully saturated rings. The highest BCUT2D eigenvalue weighted by Gasteiger charge is 2.19. The summed E-state index contributed by atoms with van der Waals surface area (Å²) in [5, 5.41) is 2.98. The first-order chi connectivity index (χ1) is 7.95. The molecule has 1 atom stereocenters. The third kappa shape index (κ3) is 4.63. The van der Waals surface area contributed by atoms with Crippen LogP contribution in [0.1, 0.15) is 12.5 Å². The van der Waals surface area contributed by atoms with Crippen LogP contribution < -0.4 is 10.0 Å². The molecule has 2 N–H and O–H groups in total. The second-order valence-corrected chi connectivity index (χ2v) is 6.48. The maximum absolute atomic E-state index is 11.8. The normalized spacial score (nSPS) is 13.6. The topological polar surface area (TPSA) is 58.2 Å². The van der Waals surface area contributed by atoms with Crippen molar-refractivity contribution in [1.29, 1.82) is 0 Å². The van der Waals surface area contributed by atoms with Gasteiger partial charge in [0.25, 0.3) is 0 Å². The summed E-state index contributed by atoms with van der Waals surface area (Å²) in [6.45, 7) is 2.35. The zero-order chi connectivity index (χ0) is 12.9. The van der Waals surface area contributed by atoms with E-state index in [2.05, 4.69) is 10.0 Å². The van der Waals surface area contributed by atoms with Crippen LogP contribution in [0.4, 0.5) is 0 Å². The SMILES string of the molecule is CNCC(C)S(=O)(=O)NCc1cccc(Cl)c1. The van der Waals surface area contributed by atoms with Crippen LogP contribution in [-0.2, 0) is 16.6 Å². The van der Waals surface area contributed by atoms with Gasteiger partial charge in [0.1, 0.15) is 0 Å². The maximum atomic E-state index is 11.8. The fraction of sp³-hybridized carbons (Fsp3) is 0.455. The minimum atomic E-state index is -3.29. The van der Waals surface area contributed by atoms with Crippen LogP contribution >= 0.6 is 11.6 Å². The summed E-state index contributed by atoms with van der Waals surface area (Å²) in [6, 6.07) is 7.12. The van der Waals surface area contributed by atoms with Crippen molar-refractivity contribution < 1.29 is 8.42 Å². The maximum Gasteiger partial charge on any atom is 0.215 e. The largest absolute Gasteiger partial charge is 0.318 e. The summed E-state index contributed by atoms with van der Waals surface area (Å²) >= 11 is 5.82. The third-order valence-electron chi connectivity index (χ3n) is 2.39. The summed E-state index contributed by atoms with van der Waals surface area (Å²) in [5.74, 6) is 0. The Labute approximate surface area is 107 Å². The monoisotopic (exact) mass is 276 g/mol. The molecule has 6 heteroatoms. The molecule has 0 aliphatic carbocycles. The first-order valence-electron chi connectivity index (χ1n) is 5.33. The number of hydrogen-bond donors (Lipinski definition) is 2. The Morgan fingerprint density at radius 2 is 2.12 bits per heavy atom. The molecular weight excluding hydrogens is 260 g/mol. The lowest BCUT2D eigenvalue weighted by molar-refractivity contribution is 0.563. The van der Waals surface area contributed by atoms with Gasteiger partial charge in [0, 0.05) is 18.1 Å². The van der Waals surface area contributed by atoms with E-state index < -0.39 is 15.3 Å². The fourth-order valence-corrected chi connectivity index (χ4v) is 2.62. The van der Waals surface area contributed by atoms with Crippen LogP contribution in [0, 0.1) is 0 Å². The van der Waals surface area contributed by atoms with Crippen molar-refractivity contribution in [2.45, 2.75) is 18.7 Å². The van der Waals surface area contributed by atoms with Gasteiger partial charge < -0.3 is 5.32 Å². The van der Waals surface area contributed by atoms with Gasteiger partial charge in [0.15, 0.2) is 0 Å². The smallest absolute Gasteiger partial charge is 0.215 e. The van der Waals surface area contributed by atoms with Crippen LogP contribution in [0.2, 0.25) is 5.02 Å². The summed E-state index contributed by atoms with van der Waals surface area (Å²) in [4.78, 5) is 0. The second-order valence-electron chi connectivity index (χ2n) is 3.86. The summed E-state index contributed by atoms with van der Waals surface area (Å²) in [5.41, 5.74) is 0.845.